The Morgan fingerprint density at radius 3 is 2.48 bits per heavy atom. The van der Waals surface area contributed by atoms with Gasteiger partial charge in [-0.1, -0.05) is 36.4 Å². The molecule has 8 heteroatoms. The van der Waals surface area contributed by atoms with Crippen molar-refractivity contribution in [3.05, 3.63) is 71.7 Å². The number of nitrogens with two attached hydrogens (primary N) is 1. The van der Waals surface area contributed by atoms with E-state index >= 15 is 0 Å². The van der Waals surface area contributed by atoms with Gasteiger partial charge in [0.2, 0.25) is 5.78 Å². The molecule has 0 saturated carbocycles. The van der Waals surface area contributed by atoms with Crippen molar-refractivity contribution in [2.45, 2.75) is 25.8 Å². The van der Waals surface area contributed by atoms with Crippen LogP contribution in [0, 0.1) is 6.92 Å². The van der Waals surface area contributed by atoms with E-state index in [1.165, 1.54) is 0 Å². The molecule has 2 aromatic heterocycles. The standard InChI is InChI=1S/C21H21N5O3/c1-13-17(15-9-5-6-12-23-15)18(26-25-13)21(29)24-16(19(27)20(22)28)11-10-14-7-3-2-4-8-14/h2-9,12,16H,10-11H2,1H3,(H2,22,28)(H,24,29)(H,25,26). The number of ketones is 1. The first-order valence-electron chi connectivity index (χ1n) is 9.12. The highest BCUT2D eigenvalue weighted by Crippen LogP contribution is 2.23. The van der Waals surface area contributed by atoms with Crippen LogP contribution < -0.4 is 11.1 Å². The van der Waals surface area contributed by atoms with Gasteiger partial charge in [-0.3, -0.25) is 24.5 Å². The SMILES string of the molecule is Cc1[nH]nc(C(=O)NC(CCc2ccccc2)C(=O)C(N)=O)c1-c1ccccn1. The van der Waals surface area contributed by atoms with Crippen LogP contribution in [0.4, 0.5) is 0 Å². The molecule has 0 spiro atoms. The lowest BCUT2D eigenvalue weighted by molar-refractivity contribution is -0.137. The van der Waals surface area contributed by atoms with Gasteiger partial charge in [-0.05, 0) is 37.5 Å². The first kappa shape index (κ1) is 19.9. The maximum absolute atomic E-state index is 12.9. The average molecular weight is 391 g/mol. The first-order chi connectivity index (χ1) is 14.0. The number of aromatic nitrogens is 3. The summed E-state index contributed by atoms with van der Waals surface area (Å²) in [5.74, 6) is -2.52. The van der Waals surface area contributed by atoms with Gasteiger partial charge in [-0.25, -0.2) is 0 Å². The highest BCUT2D eigenvalue weighted by Gasteiger charge is 2.28. The summed E-state index contributed by atoms with van der Waals surface area (Å²) in [7, 11) is 0. The Kier molecular flexibility index (Phi) is 6.13. The highest BCUT2D eigenvalue weighted by molar-refractivity contribution is 6.38. The van der Waals surface area contributed by atoms with Crippen molar-refractivity contribution in [3.8, 4) is 11.3 Å². The molecule has 3 rings (SSSR count). The second-order valence-electron chi connectivity index (χ2n) is 6.57. The number of aromatic amines is 1. The summed E-state index contributed by atoms with van der Waals surface area (Å²) >= 11 is 0. The zero-order valence-electron chi connectivity index (χ0n) is 15.9. The number of carbonyl (C=O) groups excluding carboxylic acids is 3. The number of benzene rings is 1. The minimum absolute atomic E-state index is 0.100. The normalized spacial score (nSPS) is 11.6. The number of pyridine rings is 1. The number of nitrogens with zero attached hydrogens (tertiary/aromatic N) is 2. The van der Waals surface area contributed by atoms with Crippen molar-refractivity contribution in [1.29, 1.82) is 0 Å². The third-order valence-corrected chi connectivity index (χ3v) is 4.51. The number of aryl methyl sites for hydroxylation is 2. The molecule has 0 aliphatic rings. The van der Waals surface area contributed by atoms with Crippen LogP contribution in [0.1, 0.15) is 28.2 Å². The Morgan fingerprint density at radius 2 is 1.83 bits per heavy atom. The fourth-order valence-corrected chi connectivity index (χ4v) is 3.04. The minimum Gasteiger partial charge on any atom is -0.363 e. The van der Waals surface area contributed by atoms with Gasteiger partial charge >= 0.3 is 0 Å². The van der Waals surface area contributed by atoms with E-state index in [0.29, 0.717) is 23.4 Å². The molecular weight excluding hydrogens is 370 g/mol. The van der Waals surface area contributed by atoms with E-state index in [1.54, 1.807) is 31.3 Å². The smallest absolute Gasteiger partial charge is 0.287 e. The molecule has 1 atom stereocenters. The zero-order valence-corrected chi connectivity index (χ0v) is 15.9. The molecule has 0 saturated heterocycles. The van der Waals surface area contributed by atoms with Crippen LogP contribution in [-0.2, 0) is 16.0 Å². The Bertz CT molecular complexity index is 1020. The second kappa shape index (κ2) is 8.92. The molecule has 3 aromatic rings. The first-order valence-corrected chi connectivity index (χ1v) is 9.12. The number of primary amides is 1. The fourth-order valence-electron chi connectivity index (χ4n) is 3.04. The molecule has 0 radical (unpaired) electrons. The number of rotatable bonds is 8. The molecule has 148 valence electrons. The molecule has 8 nitrogen and oxygen atoms in total. The summed E-state index contributed by atoms with van der Waals surface area (Å²) in [4.78, 5) is 40.9. The predicted molar refractivity (Wildman–Crippen MR) is 107 cm³/mol. The topological polar surface area (TPSA) is 131 Å². The van der Waals surface area contributed by atoms with Crippen LogP contribution in [0.15, 0.2) is 54.7 Å². The van der Waals surface area contributed by atoms with Gasteiger partial charge in [0, 0.05) is 11.9 Å². The maximum Gasteiger partial charge on any atom is 0.287 e. The lowest BCUT2D eigenvalue weighted by atomic mass is 10.0. The minimum atomic E-state index is -1.09. The summed E-state index contributed by atoms with van der Waals surface area (Å²) in [6, 6.07) is 13.7. The van der Waals surface area contributed by atoms with E-state index in [-0.39, 0.29) is 12.1 Å². The quantitative estimate of drug-likeness (QED) is 0.502. The molecule has 2 amide bonds. The number of hydrogen-bond donors (Lipinski definition) is 3. The number of amides is 2. The highest BCUT2D eigenvalue weighted by atomic mass is 16.2. The van der Waals surface area contributed by atoms with E-state index in [2.05, 4.69) is 20.5 Å². The van der Waals surface area contributed by atoms with E-state index in [4.69, 9.17) is 5.73 Å². The lowest BCUT2D eigenvalue weighted by Gasteiger charge is -2.16. The number of carbonyl (C=O) groups is 3. The van der Waals surface area contributed by atoms with Gasteiger partial charge in [0.15, 0.2) is 5.69 Å². The van der Waals surface area contributed by atoms with Gasteiger partial charge in [-0.2, -0.15) is 5.10 Å². The van der Waals surface area contributed by atoms with Crippen LogP contribution in [-0.4, -0.2) is 38.8 Å². The third kappa shape index (κ3) is 4.73. The Labute approximate surface area is 167 Å². The molecule has 1 unspecified atom stereocenters. The van der Waals surface area contributed by atoms with Crippen molar-refractivity contribution >= 4 is 17.6 Å². The maximum atomic E-state index is 12.9. The Balaban J connectivity index is 1.82. The largest absolute Gasteiger partial charge is 0.363 e. The third-order valence-electron chi connectivity index (χ3n) is 4.51. The van der Waals surface area contributed by atoms with E-state index < -0.39 is 23.6 Å². The molecule has 29 heavy (non-hydrogen) atoms. The summed E-state index contributed by atoms with van der Waals surface area (Å²) in [5, 5.41) is 9.44. The van der Waals surface area contributed by atoms with Crippen molar-refractivity contribution < 1.29 is 14.4 Å². The molecule has 1 aromatic carbocycles. The predicted octanol–water partition coefficient (Wildman–Crippen LogP) is 1.57. The molecule has 2 heterocycles. The molecular formula is C21H21N5O3. The monoisotopic (exact) mass is 391 g/mol. The number of H-pyrrole nitrogens is 1. The van der Waals surface area contributed by atoms with Gasteiger partial charge in [0.25, 0.3) is 11.8 Å². The molecule has 0 aliphatic carbocycles. The van der Waals surface area contributed by atoms with Crippen LogP contribution in [0.5, 0.6) is 0 Å². The summed E-state index contributed by atoms with van der Waals surface area (Å²) < 4.78 is 0. The van der Waals surface area contributed by atoms with E-state index in [1.807, 2.05) is 30.3 Å². The van der Waals surface area contributed by atoms with Gasteiger partial charge < -0.3 is 11.1 Å². The zero-order chi connectivity index (χ0) is 20.8. The van der Waals surface area contributed by atoms with Crippen molar-refractivity contribution in [2.24, 2.45) is 5.73 Å². The van der Waals surface area contributed by atoms with Gasteiger partial charge in [-0.15, -0.1) is 0 Å². The molecule has 4 N–H and O–H groups in total. The number of nitrogens with one attached hydrogen (secondary N) is 2. The summed E-state index contributed by atoms with van der Waals surface area (Å²) in [6.45, 7) is 1.77. The van der Waals surface area contributed by atoms with E-state index in [0.717, 1.165) is 5.56 Å². The Hall–Kier alpha value is -3.81. The summed E-state index contributed by atoms with van der Waals surface area (Å²) in [6.07, 6.45) is 2.35. The van der Waals surface area contributed by atoms with Crippen LogP contribution in [0.25, 0.3) is 11.3 Å². The van der Waals surface area contributed by atoms with Gasteiger partial charge in [0.05, 0.1) is 17.3 Å². The van der Waals surface area contributed by atoms with Crippen molar-refractivity contribution in [3.63, 3.8) is 0 Å². The lowest BCUT2D eigenvalue weighted by Crippen LogP contribution is -2.46. The van der Waals surface area contributed by atoms with Crippen molar-refractivity contribution in [1.82, 2.24) is 20.5 Å². The van der Waals surface area contributed by atoms with Crippen molar-refractivity contribution in [2.75, 3.05) is 0 Å². The number of hydrogen-bond acceptors (Lipinski definition) is 5. The van der Waals surface area contributed by atoms with E-state index in [9.17, 15) is 14.4 Å². The fraction of sp³-hybridized carbons (Fsp3) is 0.190. The van der Waals surface area contributed by atoms with Crippen LogP contribution in [0.3, 0.4) is 0 Å². The molecule has 0 bridgehead atoms. The average Bonchev–Trinajstić information content (AvgIpc) is 3.13. The Morgan fingerprint density at radius 1 is 1.10 bits per heavy atom. The molecule has 0 aliphatic heterocycles. The van der Waals surface area contributed by atoms with Crippen LogP contribution in [0.2, 0.25) is 0 Å². The van der Waals surface area contributed by atoms with Gasteiger partial charge in [0.1, 0.15) is 0 Å². The second-order valence-corrected chi connectivity index (χ2v) is 6.57. The number of Topliss-reactive ketones (excluding diaryl/α,β-unsaturated/α-hetero) is 1. The van der Waals surface area contributed by atoms with Crippen LogP contribution >= 0.6 is 0 Å². The summed E-state index contributed by atoms with van der Waals surface area (Å²) in [5.41, 5.74) is 8.03. The molecule has 0 fully saturated rings.